The van der Waals surface area contributed by atoms with E-state index in [4.69, 9.17) is 0 Å². The van der Waals surface area contributed by atoms with Crippen molar-refractivity contribution in [3.8, 4) is 40.3 Å². The fourth-order valence-corrected chi connectivity index (χ4v) is 12.7. The van der Waals surface area contributed by atoms with E-state index in [0.29, 0.717) is 22.5 Å². The molecule has 0 saturated heterocycles. The molecular weight excluding hydrogens is 913 g/mol. The van der Waals surface area contributed by atoms with Crippen LogP contribution in [0.3, 0.4) is 0 Å². The molecule has 0 bridgehead atoms. The summed E-state index contributed by atoms with van der Waals surface area (Å²) in [4.78, 5) is 2.29. The zero-order chi connectivity index (χ0) is 50.1. The van der Waals surface area contributed by atoms with E-state index in [1.807, 2.05) is 24.3 Å². The lowest BCUT2D eigenvalue weighted by molar-refractivity contribution is 0.661. The quantitative estimate of drug-likeness (QED) is 0.167. The van der Waals surface area contributed by atoms with E-state index in [-0.39, 0.29) is 5.41 Å². The van der Waals surface area contributed by atoms with Crippen molar-refractivity contribution >= 4 is 93.3 Å². The maximum Gasteiger partial charge on any atom is 0.101 e. The Bertz CT molecular complexity index is 4730. The molecule has 0 amide bonds. The maximum atomic E-state index is 11.5. The van der Waals surface area contributed by atoms with Gasteiger partial charge in [0.1, 0.15) is 12.1 Å². The van der Waals surface area contributed by atoms with Crippen LogP contribution in [0.25, 0.3) is 104 Å². The summed E-state index contributed by atoms with van der Waals surface area (Å²) in [5.74, 6) is 0. The van der Waals surface area contributed by atoms with Crippen LogP contribution in [0.15, 0.2) is 231 Å². The molecule has 0 N–H and O–H groups in total. The smallest absolute Gasteiger partial charge is 0.101 e. The van der Waals surface area contributed by atoms with Crippen LogP contribution in [0.5, 0.6) is 0 Å². The highest BCUT2D eigenvalue weighted by Crippen LogP contribution is 2.52. The van der Waals surface area contributed by atoms with Crippen LogP contribution in [-0.2, 0) is 5.41 Å². The van der Waals surface area contributed by atoms with Crippen LogP contribution in [0.4, 0.5) is 17.1 Å². The molecule has 0 spiro atoms. The number of fused-ring (bicyclic) bond motifs is 14. The first-order valence-corrected chi connectivity index (χ1v) is 25.5. The van der Waals surface area contributed by atoms with Crippen LogP contribution < -0.4 is 4.90 Å². The number of nitrogens with zero attached hydrogens (tertiary/aromatic N) is 6. The molecule has 0 saturated carbocycles. The van der Waals surface area contributed by atoms with Gasteiger partial charge in [0.25, 0.3) is 0 Å². The van der Waals surface area contributed by atoms with Crippen molar-refractivity contribution in [3.05, 3.63) is 253 Å². The van der Waals surface area contributed by atoms with Crippen molar-refractivity contribution in [1.29, 1.82) is 10.5 Å². The number of nitriles is 2. The average Bonchev–Trinajstić information content (AvgIpc) is 4.17. The molecule has 14 aromatic rings. The molecule has 75 heavy (non-hydrogen) atoms. The summed E-state index contributed by atoms with van der Waals surface area (Å²) in [7, 11) is 0. The molecule has 6 heteroatoms. The largest absolute Gasteiger partial charge is 0.310 e. The summed E-state index contributed by atoms with van der Waals surface area (Å²) < 4.78 is 6.78. The van der Waals surface area contributed by atoms with Crippen molar-refractivity contribution in [2.24, 2.45) is 0 Å². The Kier molecular flexibility index (Phi) is 9.03. The summed E-state index contributed by atoms with van der Waals surface area (Å²) in [6, 6.07) is 86.9. The molecule has 15 rings (SSSR count). The number of para-hydroxylation sites is 4. The molecule has 1 aliphatic rings. The second-order valence-electron chi connectivity index (χ2n) is 20.3. The van der Waals surface area contributed by atoms with Crippen LogP contribution >= 0.6 is 0 Å². The Hall–Kier alpha value is -10.1. The lowest BCUT2D eigenvalue weighted by atomic mass is 9.82. The van der Waals surface area contributed by atoms with Gasteiger partial charge < -0.3 is 18.6 Å². The van der Waals surface area contributed by atoms with Gasteiger partial charge in [0, 0.05) is 60.5 Å². The Morgan fingerprint density at radius 1 is 0.360 bits per heavy atom. The van der Waals surface area contributed by atoms with Gasteiger partial charge in [-0.25, -0.2) is 0 Å². The second kappa shape index (κ2) is 15.9. The third kappa shape index (κ3) is 6.06. The number of hydrogen-bond donors (Lipinski definition) is 0. The van der Waals surface area contributed by atoms with Gasteiger partial charge in [0.15, 0.2) is 0 Å². The van der Waals surface area contributed by atoms with Crippen LogP contribution in [-0.4, -0.2) is 13.7 Å². The minimum atomic E-state index is -0.272. The standard InChI is InChI=1S/C69H44N6/c1-69(2)58-26-14-11-23-51(58)54-39-56-55-37-48(72(46-18-5-3-6-19-46)47-20-7-4-8-21-47)30-33-62(55)75(67(56)40-59(54)69)66-36-44(41-70)65(35-45(66)42-71)74-63-34-31-49(38-57(63)68-50-22-10-9-17-43(50)29-32-64(68)74)73-60-27-15-12-24-52(60)53-25-13-16-28-61(53)73/h3-40H,1-2H3. The highest BCUT2D eigenvalue weighted by molar-refractivity contribution is 6.22. The van der Waals surface area contributed by atoms with Crippen molar-refractivity contribution in [3.63, 3.8) is 0 Å². The van der Waals surface area contributed by atoms with Gasteiger partial charge in [-0.3, -0.25) is 0 Å². The van der Waals surface area contributed by atoms with E-state index in [0.717, 1.165) is 88.2 Å². The Morgan fingerprint density at radius 2 is 0.893 bits per heavy atom. The van der Waals surface area contributed by atoms with Crippen LogP contribution in [0.1, 0.15) is 36.1 Å². The zero-order valence-electron chi connectivity index (χ0n) is 41.1. The number of hydrogen-bond acceptors (Lipinski definition) is 3. The van der Waals surface area contributed by atoms with Crippen molar-refractivity contribution in [2.45, 2.75) is 19.3 Å². The predicted molar refractivity (Wildman–Crippen MR) is 309 cm³/mol. The van der Waals surface area contributed by atoms with Gasteiger partial charge in [-0.05, 0) is 136 Å². The topological polar surface area (TPSA) is 65.6 Å². The minimum absolute atomic E-state index is 0.272. The molecule has 0 radical (unpaired) electrons. The summed E-state index contributed by atoms with van der Waals surface area (Å²) >= 11 is 0. The van der Waals surface area contributed by atoms with Gasteiger partial charge in [0.05, 0.1) is 55.6 Å². The number of aromatic nitrogens is 3. The molecule has 6 nitrogen and oxygen atoms in total. The number of anilines is 3. The number of benzene rings is 11. The molecule has 0 unspecified atom stereocenters. The van der Waals surface area contributed by atoms with Gasteiger partial charge >= 0.3 is 0 Å². The SMILES string of the molecule is CC1(C)c2ccccc2-c2cc3c4cc(N(c5ccccc5)c5ccccc5)ccc4n(-c4cc(C#N)c(-n5c6ccc(-n7c8ccccc8c8ccccc87)cc6c6c7ccccc7ccc65)cc4C#N)c3cc21. The molecule has 11 aromatic carbocycles. The maximum absolute atomic E-state index is 11.5. The Balaban J connectivity index is 0.990. The third-order valence-electron chi connectivity index (χ3n) is 16.1. The molecular formula is C69H44N6. The Labute approximate surface area is 432 Å². The van der Waals surface area contributed by atoms with E-state index in [1.54, 1.807) is 0 Å². The highest BCUT2D eigenvalue weighted by atomic mass is 15.1. The van der Waals surface area contributed by atoms with E-state index in [2.05, 4.69) is 251 Å². The summed E-state index contributed by atoms with van der Waals surface area (Å²) in [5, 5.41) is 31.9. The van der Waals surface area contributed by atoms with Crippen molar-refractivity contribution in [1.82, 2.24) is 13.7 Å². The van der Waals surface area contributed by atoms with E-state index >= 15 is 0 Å². The average molecular weight is 957 g/mol. The fraction of sp³-hybridized carbons (Fsp3) is 0.0435. The van der Waals surface area contributed by atoms with Gasteiger partial charge in [-0.2, -0.15) is 10.5 Å². The molecule has 0 fully saturated rings. The first-order chi connectivity index (χ1) is 36.9. The molecule has 0 aliphatic heterocycles. The monoisotopic (exact) mass is 956 g/mol. The Morgan fingerprint density at radius 3 is 1.57 bits per heavy atom. The van der Waals surface area contributed by atoms with Crippen molar-refractivity contribution < 1.29 is 0 Å². The fourth-order valence-electron chi connectivity index (χ4n) is 12.7. The van der Waals surface area contributed by atoms with E-state index in [9.17, 15) is 10.5 Å². The first-order valence-electron chi connectivity index (χ1n) is 25.5. The van der Waals surface area contributed by atoms with Crippen LogP contribution in [0.2, 0.25) is 0 Å². The third-order valence-corrected chi connectivity index (χ3v) is 16.1. The molecule has 350 valence electrons. The van der Waals surface area contributed by atoms with Gasteiger partial charge in [-0.15, -0.1) is 0 Å². The second-order valence-corrected chi connectivity index (χ2v) is 20.3. The number of rotatable bonds is 6. The lowest BCUT2D eigenvalue weighted by Gasteiger charge is -2.25. The van der Waals surface area contributed by atoms with Crippen LogP contribution in [0, 0.1) is 22.7 Å². The predicted octanol–water partition coefficient (Wildman–Crippen LogP) is 17.7. The van der Waals surface area contributed by atoms with E-state index < -0.39 is 0 Å². The first kappa shape index (κ1) is 42.5. The molecule has 1 aliphatic carbocycles. The lowest BCUT2D eigenvalue weighted by Crippen LogP contribution is -2.15. The summed E-state index contributed by atoms with van der Waals surface area (Å²) in [5.41, 5.74) is 17.2. The van der Waals surface area contributed by atoms with Crippen molar-refractivity contribution in [2.75, 3.05) is 4.90 Å². The summed E-state index contributed by atoms with van der Waals surface area (Å²) in [6.07, 6.45) is 0. The molecule has 3 aromatic heterocycles. The normalized spacial score (nSPS) is 12.7. The molecule has 3 heterocycles. The zero-order valence-corrected chi connectivity index (χ0v) is 41.1. The van der Waals surface area contributed by atoms with Gasteiger partial charge in [-0.1, -0.05) is 141 Å². The summed E-state index contributed by atoms with van der Waals surface area (Å²) in [6.45, 7) is 4.60. The van der Waals surface area contributed by atoms with E-state index in [1.165, 1.54) is 33.0 Å². The molecule has 0 atom stereocenters. The minimum Gasteiger partial charge on any atom is -0.310 e. The van der Waals surface area contributed by atoms with Gasteiger partial charge in [0.2, 0.25) is 0 Å². The highest BCUT2D eigenvalue weighted by Gasteiger charge is 2.36.